The Morgan fingerprint density at radius 2 is 1.95 bits per heavy atom. The first-order valence-corrected chi connectivity index (χ1v) is 7.07. The number of fused-ring (bicyclic) bond motifs is 1. The van der Waals surface area contributed by atoms with Gasteiger partial charge in [-0.15, -0.1) is 0 Å². The third-order valence-corrected chi connectivity index (χ3v) is 3.07. The normalized spacial score (nSPS) is 10.8. The van der Waals surface area contributed by atoms with Gasteiger partial charge in [-0.25, -0.2) is 4.98 Å². The van der Waals surface area contributed by atoms with Crippen LogP contribution in [0.25, 0.3) is 10.8 Å². The van der Waals surface area contributed by atoms with E-state index in [1.807, 2.05) is 24.4 Å². The van der Waals surface area contributed by atoms with E-state index in [0.717, 1.165) is 38.4 Å². The maximum Gasteiger partial charge on any atom is 0.133 e. The van der Waals surface area contributed by atoms with Crippen LogP contribution in [0.3, 0.4) is 0 Å². The second-order valence-corrected chi connectivity index (χ2v) is 4.63. The number of nitrogens with zero attached hydrogens (tertiary/aromatic N) is 1. The Morgan fingerprint density at radius 3 is 2.84 bits per heavy atom. The smallest absolute Gasteiger partial charge is 0.133 e. The van der Waals surface area contributed by atoms with Crippen LogP contribution in [0, 0.1) is 0 Å². The highest BCUT2D eigenvalue weighted by molar-refractivity contribution is 5.91. The van der Waals surface area contributed by atoms with Crippen molar-refractivity contribution in [3.63, 3.8) is 0 Å². The van der Waals surface area contributed by atoms with Crippen LogP contribution in [0.15, 0.2) is 36.5 Å². The highest BCUT2D eigenvalue weighted by Gasteiger charge is 2.00. The third kappa shape index (κ3) is 4.21. The summed E-state index contributed by atoms with van der Waals surface area (Å²) in [6.45, 7) is 4.77. The van der Waals surface area contributed by atoms with Gasteiger partial charge in [0.25, 0.3) is 0 Å². The number of aromatic nitrogens is 1. The summed E-state index contributed by atoms with van der Waals surface area (Å²) < 4.78 is 5.54. The topological polar surface area (TPSA) is 34.1 Å². The SMILES string of the molecule is CCCCOCCCNc1nccc2ccccc12. The summed E-state index contributed by atoms with van der Waals surface area (Å²) in [5.41, 5.74) is 0. The fraction of sp³-hybridized carbons (Fsp3) is 0.438. The molecular weight excluding hydrogens is 236 g/mol. The minimum absolute atomic E-state index is 0.817. The molecule has 2 rings (SSSR count). The number of unbranched alkanes of at least 4 members (excludes halogenated alkanes) is 1. The Hall–Kier alpha value is -1.61. The molecule has 1 N–H and O–H groups in total. The van der Waals surface area contributed by atoms with Crippen molar-refractivity contribution in [1.82, 2.24) is 4.98 Å². The van der Waals surface area contributed by atoms with Gasteiger partial charge < -0.3 is 10.1 Å². The molecular formula is C16H22N2O. The van der Waals surface area contributed by atoms with Crippen LogP contribution in [0.2, 0.25) is 0 Å². The van der Waals surface area contributed by atoms with Crippen molar-refractivity contribution in [2.45, 2.75) is 26.2 Å². The van der Waals surface area contributed by atoms with Crippen molar-refractivity contribution >= 4 is 16.6 Å². The zero-order valence-electron chi connectivity index (χ0n) is 11.6. The lowest BCUT2D eigenvalue weighted by Gasteiger charge is -2.08. The Labute approximate surface area is 115 Å². The van der Waals surface area contributed by atoms with Crippen molar-refractivity contribution in [2.24, 2.45) is 0 Å². The van der Waals surface area contributed by atoms with Crippen LogP contribution < -0.4 is 5.32 Å². The number of benzene rings is 1. The monoisotopic (exact) mass is 258 g/mol. The number of nitrogens with one attached hydrogen (secondary N) is 1. The lowest BCUT2D eigenvalue weighted by molar-refractivity contribution is 0.131. The number of ether oxygens (including phenoxy) is 1. The van der Waals surface area contributed by atoms with Gasteiger partial charge in [-0.1, -0.05) is 37.6 Å². The maximum atomic E-state index is 5.54. The summed E-state index contributed by atoms with van der Waals surface area (Å²) in [4.78, 5) is 4.40. The van der Waals surface area contributed by atoms with E-state index in [0.29, 0.717) is 0 Å². The van der Waals surface area contributed by atoms with E-state index in [9.17, 15) is 0 Å². The van der Waals surface area contributed by atoms with Crippen molar-refractivity contribution in [3.05, 3.63) is 36.5 Å². The van der Waals surface area contributed by atoms with Crippen LogP contribution in [0.5, 0.6) is 0 Å². The van der Waals surface area contributed by atoms with Gasteiger partial charge in [-0.05, 0) is 24.3 Å². The fourth-order valence-electron chi connectivity index (χ4n) is 1.99. The van der Waals surface area contributed by atoms with Gasteiger partial charge in [0.1, 0.15) is 5.82 Å². The summed E-state index contributed by atoms with van der Waals surface area (Å²) in [6.07, 6.45) is 5.20. The van der Waals surface area contributed by atoms with Gasteiger partial charge in [-0.2, -0.15) is 0 Å². The van der Waals surface area contributed by atoms with Crippen LogP contribution in [-0.2, 0) is 4.74 Å². The molecule has 0 fully saturated rings. The summed E-state index contributed by atoms with van der Waals surface area (Å²) >= 11 is 0. The Kier molecular flexibility index (Phi) is 5.63. The van der Waals surface area contributed by atoms with Gasteiger partial charge in [0, 0.05) is 31.3 Å². The van der Waals surface area contributed by atoms with Crippen LogP contribution >= 0.6 is 0 Å². The molecule has 1 aromatic carbocycles. The molecule has 0 radical (unpaired) electrons. The average molecular weight is 258 g/mol. The first-order chi connectivity index (χ1) is 9.42. The standard InChI is InChI=1S/C16H22N2O/c1-2-3-12-19-13-6-10-17-16-15-8-5-4-7-14(15)9-11-18-16/h4-5,7-9,11H,2-3,6,10,12-13H2,1H3,(H,17,18). The van der Waals surface area contributed by atoms with Crippen LogP contribution in [-0.4, -0.2) is 24.7 Å². The lowest BCUT2D eigenvalue weighted by Crippen LogP contribution is -2.07. The van der Waals surface area contributed by atoms with Gasteiger partial charge in [0.15, 0.2) is 0 Å². The lowest BCUT2D eigenvalue weighted by atomic mass is 10.1. The Morgan fingerprint density at radius 1 is 1.11 bits per heavy atom. The first kappa shape index (κ1) is 13.8. The zero-order chi connectivity index (χ0) is 13.3. The largest absolute Gasteiger partial charge is 0.381 e. The molecule has 0 spiro atoms. The fourth-order valence-corrected chi connectivity index (χ4v) is 1.99. The van der Waals surface area contributed by atoms with E-state index in [1.165, 1.54) is 17.2 Å². The maximum absolute atomic E-state index is 5.54. The molecule has 0 aliphatic rings. The summed E-state index contributed by atoms with van der Waals surface area (Å²) in [7, 11) is 0. The molecule has 1 aromatic heterocycles. The molecule has 0 saturated carbocycles. The predicted octanol–water partition coefficient (Wildman–Crippen LogP) is 3.85. The van der Waals surface area contributed by atoms with Crippen molar-refractivity contribution in [1.29, 1.82) is 0 Å². The van der Waals surface area contributed by atoms with Crippen LogP contribution in [0.4, 0.5) is 5.82 Å². The molecule has 0 aliphatic heterocycles. The quantitative estimate of drug-likeness (QED) is 0.730. The van der Waals surface area contributed by atoms with E-state index >= 15 is 0 Å². The molecule has 2 aromatic rings. The molecule has 0 saturated heterocycles. The first-order valence-electron chi connectivity index (χ1n) is 7.07. The molecule has 19 heavy (non-hydrogen) atoms. The van der Waals surface area contributed by atoms with E-state index in [2.05, 4.69) is 29.4 Å². The molecule has 3 nitrogen and oxygen atoms in total. The van der Waals surface area contributed by atoms with E-state index in [4.69, 9.17) is 4.74 Å². The van der Waals surface area contributed by atoms with Gasteiger partial charge in [-0.3, -0.25) is 0 Å². The highest BCUT2D eigenvalue weighted by atomic mass is 16.5. The molecule has 0 amide bonds. The molecule has 0 bridgehead atoms. The molecule has 0 atom stereocenters. The predicted molar refractivity (Wildman–Crippen MR) is 80.6 cm³/mol. The van der Waals surface area contributed by atoms with E-state index < -0.39 is 0 Å². The molecule has 102 valence electrons. The van der Waals surface area contributed by atoms with Gasteiger partial charge in [0.05, 0.1) is 0 Å². The molecule has 0 unspecified atom stereocenters. The number of anilines is 1. The Balaban J connectivity index is 1.78. The number of hydrogen-bond donors (Lipinski definition) is 1. The molecule has 3 heteroatoms. The van der Waals surface area contributed by atoms with E-state index in [-0.39, 0.29) is 0 Å². The number of rotatable bonds is 8. The molecule has 0 aliphatic carbocycles. The summed E-state index contributed by atoms with van der Waals surface area (Å²) in [5, 5.41) is 5.79. The minimum atomic E-state index is 0.817. The van der Waals surface area contributed by atoms with Gasteiger partial charge >= 0.3 is 0 Å². The van der Waals surface area contributed by atoms with Crippen molar-refractivity contribution in [2.75, 3.05) is 25.1 Å². The second-order valence-electron chi connectivity index (χ2n) is 4.63. The summed E-state index contributed by atoms with van der Waals surface area (Å²) in [6, 6.07) is 10.3. The second kappa shape index (κ2) is 7.74. The van der Waals surface area contributed by atoms with Gasteiger partial charge in [0.2, 0.25) is 0 Å². The highest BCUT2D eigenvalue weighted by Crippen LogP contribution is 2.19. The average Bonchev–Trinajstić information content (AvgIpc) is 2.46. The minimum Gasteiger partial charge on any atom is -0.381 e. The van der Waals surface area contributed by atoms with Crippen molar-refractivity contribution < 1.29 is 4.74 Å². The third-order valence-electron chi connectivity index (χ3n) is 3.07. The summed E-state index contributed by atoms with van der Waals surface area (Å²) in [5.74, 6) is 0.964. The van der Waals surface area contributed by atoms with Crippen molar-refractivity contribution in [3.8, 4) is 0 Å². The molecule has 1 heterocycles. The Bertz CT molecular complexity index is 494. The van der Waals surface area contributed by atoms with E-state index in [1.54, 1.807) is 0 Å². The number of hydrogen-bond acceptors (Lipinski definition) is 3. The van der Waals surface area contributed by atoms with Crippen LogP contribution in [0.1, 0.15) is 26.2 Å². The number of pyridine rings is 1. The zero-order valence-corrected chi connectivity index (χ0v) is 11.6.